The third-order valence-corrected chi connectivity index (χ3v) is 2.55. The highest BCUT2D eigenvalue weighted by atomic mass is 32.1. The van der Waals surface area contributed by atoms with Crippen molar-refractivity contribution in [1.29, 1.82) is 0 Å². The summed E-state index contributed by atoms with van der Waals surface area (Å²) < 4.78 is 0. The van der Waals surface area contributed by atoms with Gasteiger partial charge in [-0.15, -0.1) is 0 Å². The minimum atomic E-state index is 0.0462. The molecule has 0 unspecified atom stereocenters. The molecule has 0 heterocycles. The Hall–Kier alpha value is -1.13. The largest absolute Gasteiger partial charge is 0.501 e. The van der Waals surface area contributed by atoms with Crippen LogP contribution in [0.25, 0.3) is 0 Å². The zero-order chi connectivity index (χ0) is 12.0. The van der Waals surface area contributed by atoms with Crippen molar-refractivity contribution in [3.8, 4) is 0 Å². The number of rotatable bonds is 6. The van der Waals surface area contributed by atoms with Gasteiger partial charge in [0.25, 0.3) is 0 Å². The Morgan fingerprint density at radius 3 is 2.38 bits per heavy atom. The van der Waals surface area contributed by atoms with Crippen molar-refractivity contribution in [3.63, 3.8) is 0 Å². The van der Waals surface area contributed by atoms with E-state index in [1.54, 1.807) is 0 Å². The molecule has 0 aliphatic rings. The summed E-state index contributed by atoms with van der Waals surface area (Å²) in [5.41, 5.74) is 1.20. The lowest BCUT2D eigenvalue weighted by molar-refractivity contribution is 0.367. The van der Waals surface area contributed by atoms with Crippen LogP contribution in [0.3, 0.4) is 0 Å². The first-order valence-electron chi connectivity index (χ1n) is 5.26. The second-order valence-electron chi connectivity index (χ2n) is 3.89. The van der Waals surface area contributed by atoms with Crippen LogP contribution < -0.4 is 4.90 Å². The highest BCUT2D eigenvalue weighted by Gasteiger charge is 2.04. The van der Waals surface area contributed by atoms with E-state index in [1.165, 1.54) is 5.69 Å². The number of hydrogen-bond donors (Lipinski definition) is 1. The second kappa shape index (κ2) is 6.45. The van der Waals surface area contributed by atoms with Crippen molar-refractivity contribution in [1.82, 2.24) is 4.90 Å². The molecule has 0 spiro atoms. The van der Waals surface area contributed by atoms with Crippen LogP contribution in [0.4, 0.5) is 5.69 Å². The number of hydrogen-bond acceptors (Lipinski definition) is 3. The zero-order valence-corrected chi connectivity index (χ0v) is 10.6. The fourth-order valence-electron chi connectivity index (χ4n) is 1.44. The van der Waals surface area contributed by atoms with Crippen LogP contribution in [0.15, 0.2) is 30.3 Å². The number of benzene rings is 1. The summed E-state index contributed by atoms with van der Waals surface area (Å²) in [4.78, 5) is 4.18. The number of anilines is 1. The Balaban J connectivity index is 2.35. The molecular formula is C12H18N2OS. The molecular weight excluding hydrogens is 220 g/mol. The van der Waals surface area contributed by atoms with E-state index in [9.17, 15) is 0 Å². The lowest BCUT2D eigenvalue weighted by atomic mass is 10.3. The van der Waals surface area contributed by atoms with Gasteiger partial charge in [-0.05, 0) is 31.4 Å². The fourth-order valence-corrected chi connectivity index (χ4v) is 1.66. The maximum atomic E-state index is 8.98. The average Bonchev–Trinajstić information content (AvgIpc) is 2.26. The number of thiocarbonyl (C=S) groups is 1. The van der Waals surface area contributed by atoms with Crippen molar-refractivity contribution in [2.24, 2.45) is 0 Å². The minimum Gasteiger partial charge on any atom is -0.501 e. The van der Waals surface area contributed by atoms with Gasteiger partial charge >= 0.3 is 0 Å². The van der Waals surface area contributed by atoms with Gasteiger partial charge in [0, 0.05) is 25.8 Å². The third-order valence-electron chi connectivity index (χ3n) is 2.42. The Kier molecular flexibility index (Phi) is 5.22. The Morgan fingerprint density at radius 2 is 1.81 bits per heavy atom. The van der Waals surface area contributed by atoms with E-state index in [0.29, 0.717) is 6.54 Å². The predicted octanol–water partition coefficient (Wildman–Crippen LogP) is 1.94. The molecule has 16 heavy (non-hydrogen) atoms. The molecule has 4 heteroatoms. The first kappa shape index (κ1) is 12.9. The summed E-state index contributed by atoms with van der Waals surface area (Å²) in [6.07, 6.45) is 0. The molecule has 1 aromatic rings. The number of likely N-dealkylation sites (N-methyl/N-ethyl adjacent to an activating group) is 2. The lowest BCUT2D eigenvalue weighted by Crippen LogP contribution is -2.33. The topological polar surface area (TPSA) is 26.7 Å². The van der Waals surface area contributed by atoms with Crippen LogP contribution in [-0.4, -0.2) is 48.8 Å². The van der Waals surface area contributed by atoms with E-state index < -0.39 is 0 Å². The summed E-state index contributed by atoms with van der Waals surface area (Å²) in [5.74, 6) is 0. The number of para-hydroxylation sites is 1. The van der Waals surface area contributed by atoms with E-state index in [1.807, 2.05) is 30.1 Å². The van der Waals surface area contributed by atoms with Crippen LogP contribution >= 0.6 is 12.2 Å². The SMILES string of the molecule is CN(CCN(C)c1ccccc1)CC(O)=S. The number of aliphatic hydroxyl groups excluding tert-OH is 1. The van der Waals surface area contributed by atoms with Crippen molar-refractivity contribution in [3.05, 3.63) is 30.3 Å². The van der Waals surface area contributed by atoms with E-state index >= 15 is 0 Å². The van der Waals surface area contributed by atoms with Gasteiger partial charge in [0.05, 0.1) is 6.54 Å². The van der Waals surface area contributed by atoms with Crippen LogP contribution in [0.2, 0.25) is 0 Å². The van der Waals surface area contributed by atoms with Crippen LogP contribution in [-0.2, 0) is 0 Å². The maximum absolute atomic E-state index is 8.98. The van der Waals surface area contributed by atoms with Gasteiger partial charge in [0.2, 0.25) is 0 Å². The summed E-state index contributed by atoms with van der Waals surface area (Å²) >= 11 is 4.65. The smallest absolute Gasteiger partial charge is 0.170 e. The Labute approximate surface area is 102 Å². The molecule has 0 aliphatic heterocycles. The number of nitrogens with zero attached hydrogens (tertiary/aromatic N) is 2. The average molecular weight is 238 g/mol. The van der Waals surface area contributed by atoms with Crippen LogP contribution in [0.5, 0.6) is 0 Å². The standard InChI is InChI=1S/C12H18N2OS/c1-13(10-12(15)16)8-9-14(2)11-6-4-3-5-7-11/h3-7H,8-10H2,1-2H3,(H,15,16). The van der Waals surface area contributed by atoms with Crippen LogP contribution in [0, 0.1) is 0 Å². The molecule has 0 radical (unpaired) electrons. The molecule has 0 saturated heterocycles. The summed E-state index contributed by atoms with van der Waals surface area (Å²) in [6, 6.07) is 10.2. The van der Waals surface area contributed by atoms with Crippen molar-refractivity contribution >= 4 is 23.0 Å². The molecule has 1 N–H and O–H groups in total. The van der Waals surface area contributed by atoms with Crippen molar-refractivity contribution in [2.75, 3.05) is 38.6 Å². The summed E-state index contributed by atoms with van der Waals surface area (Å²) in [7, 11) is 4.00. The molecule has 88 valence electrons. The zero-order valence-electron chi connectivity index (χ0n) is 9.76. The van der Waals surface area contributed by atoms with E-state index in [-0.39, 0.29) is 5.05 Å². The first-order valence-corrected chi connectivity index (χ1v) is 5.67. The molecule has 3 nitrogen and oxygen atoms in total. The predicted molar refractivity (Wildman–Crippen MR) is 72.4 cm³/mol. The lowest BCUT2D eigenvalue weighted by Gasteiger charge is -2.23. The van der Waals surface area contributed by atoms with Crippen molar-refractivity contribution < 1.29 is 5.11 Å². The summed E-state index contributed by atoms with van der Waals surface area (Å²) in [5, 5.41) is 9.03. The van der Waals surface area contributed by atoms with E-state index in [0.717, 1.165) is 13.1 Å². The second-order valence-corrected chi connectivity index (χ2v) is 4.36. The molecule has 0 fully saturated rings. The van der Waals surface area contributed by atoms with Gasteiger partial charge in [0.1, 0.15) is 0 Å². The molecule has 0 aliphatic carbocycles. The monoisotopic (exact) mass is 238 g/mol. The quantitative estimate of drug-likeness (QED) is 0.766. The van der Waals surface area contributed by atoms with Gasteiger partial charge in [-0.2, -0.15) is 0 Å². The summed E-state index contributed by atoms with van der Waals surface area (Å²) in [6.45, 7) is 2.23. The minimum absolute atomic E-state index is 0.0462. The van der Waals surface area contributed by atoms with Gasteiger partial charge in [0.15, 0.2) is 5.05 Å². The Morgan fingerprint density at radius 1 is 1.19 bits per heavy atom. The Bertz CT molecular complexity index is 329. The molecule has 0 amide bonds. The van der Waals surface area contributed by atoms with Gasteiger partial charge in [-0.3, -0.25) is 4.90 Å². The van der Waals surface area contributed by atoms with Crippen molar-refractivity contribution in [2.45, 2.75) is 0 Å². The number of aliphatic hydroxyl groups is 1. The molecule has 0 aromatic heterocycles. The molecule has 1 rings (SSSR count). The van der Waals surface area contributed by atoms with Gasteiger partial charge in [-0.25, -0.2) is 0 Å². The van der Waals surface area contributed by atoms with E-state index in [4.69, 9.17) is 5.11 Å². The van der Waals surface area contributed by atoms with Gasteiger partial charge in [-0.1, -0.05) is 18.2 Å². The third kappa shape index (κ3) is 4.59. The molecule has 0 atom stereocenters. The highest BCUT2D eigenvalue weighted by molar-refractivity contribution is 7.80. The van der Waals surface area contributed by atoms with Crippen LogP contribution in [0.1, 0.15) is 0 Å². The fraction of sp³-hybridized carbons (Fsp3) is 0.417. The molecule has 1 aromatic carbocycles. The normalized spacial score (nSPS) is 10.4. The maximum Gasteiger partial charge on any atom is 0.170 e. The highest BCUT2D eigenvalue weighted by Crippen LogP contribution is 2.10. The first-order chi connectivity index (χ1) is 7.59. The molecule has 0 saturated carbocycles. The van der Waals surface area contributed by atoms with Gasteiger partial charge < -0.3 is 10.0 Å². The molecule has 0 bridgehead atoms. The van der Waals surface area contributed by atoms with E-state index in [2.05, 4.69) is 36.3 Å².